The maximum atomic E-state index is 15.7. The molecule has 4 rings (SSSR count). The summed E-state index contributed by atoms with van der Waals surface area (Å²) >= 11 is 0. The topological polar surface area (TPSA) is 192 Å². The van der Waals surface area contributed by atoms with Crippen molar-refractivity contribution in [3.05, 3.63) is 12.7 Å². The van der Waals surface area contributed by atoms with Crippen molar-refractivity contribution in [2.75, 3.05) is 24.4 Å². The SMILES string of the molecule is Nc1ncnc2c1ncn2[C@@H]1O[C@H](CCP(=O)(O)CP(=O)(O)O)[C@@H](OC2CCCCO2)[C@H]1F. The number of imidazole rings is 1. The Morgan fingerprint density at radius 1 is 1.24 bits per heavy atom. The second kappa shape index (κ2) is 9.63. The number of anilines is 1. The van der Waals surface area contributed by atoms with Crippen molar-refractivity contribution in [1.82, 2.24) is 19.5 Å². The summed E-state index contributed by atoms with van der Waals surface area (Å²) < 4.78 is 57.8. The molecule has 0 aromatic carbocycles. The van der Waals surface area contributed by atoms with Crippen molar-refractivity contribution in [3.63, 3.8) is 0 Å². The second-order valence-corrected chi connectivity index (χ2v) is 12.8. The van der Waals surface area contributed by atoms with Gasteiger partial charge >= 0.3 is 7.60 Å². The summed E-state index contributed by atoms with van der Waals surface area (Å²) in [5.41, 5.74) is 6.32. The first kappa shape index (κ1) is 24.6. The van der Waals surface area contributed by atoms with Crippen LogP contribution in [0.1, 0.15) is 31.9 Å². The van der Waals surface area contributed by atoms with Gasteiger partial charge in [0.1, 0.15) is 23.9 Å². The molecule has 0 amide bonds. The van der Waals surface area contributed by atoms with Crippen molar-refractivity contribution >= 4 is 31.9 Å². The van der Waals surface area contributed by atoms with Crippen molar-refractivity contribution in [3.8, 4) is 0 Å². The molecule has 2 aliphatic rings. The number of halogens is 1. The van der Waals surface area contributed by atoms with E-state index in [2.05, 4.69) is 15.0 Å². The lowest BCUT2D eigenvalue weighted by molar-refractivity contribution is -0.203. The summed E-state index contributed by atoms with van der Waals surface area (Å²) in [5.74, 6) is -1.04. The number of aromatic nitrogens is 4. The van der Waals surface area contributed by atoms with E-state index in [1.54, 1.807) is 0 Å². The van der Waals surface area contributed by atoms with Gasteiger partial charge in [-0.05, 0) is 25.7 Å². The van der Waals surface area contributed by atoms with E-state index in [9.17, 15) is 14.0 Å². The van der Waals surface area contributed by atoms with Gasteiger partial charge in [-0.15, -0.1) is 0 Å². The summed E-state index contributed by atoms with van der Waals surface area (Å²) in [6, 6.07) is 0. The maximum Gasteiger partial charge on any atom is 0.335 e. The van der Waals surface area contributed by atoms with Gasteiger partial charge in [0.25, 0.3) is 0 Å². The van der Waals surface area contributed by atoms with Crippen LogP contribution >= 0.6 is 15.0 Å². The van der Waals surface area contributed by atoms with Crippen LogP contribution in [0.2, 0.25) is 0 Å². The molecule has 0 saturated carbocycles. The number of hydrogen-bond donors (Lipinski definition) is 4. The number of ether oxygens (including phenoxy) is 3. The third-order valence-electron chi connectivity index (χ3n) is 5.54. The Hall–Kier alpha value is -1.50. The number of rotatable bonds is 8. The van der Waals surface area contributed by atoms with Gasteiger partial charge in [0.05, 0.1) is 12.4 Å². The zero-order chi connectivity index (χ0) is 23.8. The van der Waals surface area contributed by atoms with Gasteiger partial charge in [-0.1, -0.05) is 0 Å². The fourth-order valence-corrected chi connectivity index (χ4v) is 7.58. The molecule has 4 heterocycles. The van der Waals surface area contributed by atoms with Gasteiger partial charge < -0.3 is 34.6 Å². The van der Waals surface area contributed by atoms with Gasteiger partial charge in [-0.3, -0.25) is 13.7 Å². The molecule has 2 aromatic rings. The standard InChI is InChI=1S/C17H26FN5O8P2/c18-12-14(31-11-3-1-2-5-29-11)10(4-6-32(24,25)9-33(26,27)28)30-17(12)23-8-22-13-15(19)20-7-21-16(13)23/h7-8,10-12,14,17H,1-6,9H2,(H,24,25)(H2,19,20,21)(H2,26,27,28)/t10-,11?,12-,14-,17-/m1/s1. The summed E-state index contributed by atoms with van der Waals surface area (Å²) in [4.78, 5) is 40.2. The van der Waals surface area contributed by atoms with Crippen LogP contribution in [0.4, 0.5) is 10.2 Å². The molecule has 2 aliphatic heterocycles. The predicted octanol–water partition coefficient (Wildman–Crippen LogP) is 1.35. The molecule has 0 spiro atoms. The molecule has 5 N–H and O–H groups in total. The van der Waals surface area contributed by atoms with E-state index in [0.717, 1.165) is 12.8 Å². The molecule has 33 heavy (non-hydrogen) atoms. The maximum absolute atomic E-state index is 15.7. The molecule has 0 bridgehead atoms. The molecule has 2 aromatic heterocycles. The van der Waals surface area contributed by atoms with Crippen LogP contribution in [0.15, 0.2) is 12.7 Å². The Morgan fingerprint density at radius 3 is 2.73 bits per heavy atom. The number of nitrogen functional groups attached to an aromatic ring is 1. The van der Waals surface area contributed by atoms with Crippen molar-refractivity contribution in [2.24, 2.45) is 0 Å². The highest BCUT2D eigenvalue weighted by Gasteiger charge is 2.49. The quantitative estimate of drug-likeness (QED) is 0.374. The number of alkyl halides is 1. The molecule has 6 atom stereocenters. The first-order chi connectivity index (χ1) is 15.5. The lowest BCUT2D eigenvalue weighted by Gasteiger charge is -2.28. The Labute approximate surface area is 188 Å². The van der Waals surface area contributed by atoms with Gasteiger partial charge in [0.2, 0.25) is 7.37 Å². The molecular weight excluding hydrogens is 483 g/mol. The lowest BCUT2D eigenvalue weighted by Crippen LogP contribution is -2.38. The van der Waals surface area contributed by atoms with Gasteiger partial charge in [-0.2, -0.15) is 0 Å². The van der Waals surface area contributed by atoms with Gasteiger partial charge in [-0.25, -0.2) is 19.3 Å². The molecule has 13 nitrogen and oxygen atoms in total. The highest BCUT2D eigenvalue weighted by atomic mass is 31.2. The summed E-state index contributed by atoms with van der Waals surface area (Å²) in [6.45, 7) is 0.472. The van der Waals surface area contributed by atoms with E-state index in [0.29, 0.717) is 13.0 Å². The Balaban J connectivity index is 1.56. The average Bonchev–Trinajstić information content (AvgIpc) is 3.28. The van der Waals surface area contributed by atoms with E-state index in [4.69, 9.17) is 29.7 Å². The molecule has 2 unspecified atom stereocenters. The Morgan fingerprint density at radius 2 is 2.03 bits per heavy atom. The molecule has 184 valence electrons. The number of nitrogens with two attached hydrogens (primary N) is 1. The molecule has 2 saturated heterocycles. The minimum absolute atomic E-state index is 0.116. The minimum Gasteiger partial charge on any atom is -0.382 e. The van der Waals surface area contributed by atoms with E-state index in [-0.39, 0.29) is 23.4 Å². The first-order valence-corrected chi connectivity index (χ1v) is 14.2. The van der Waals surface area contributed by atoms with Gasteiger partial charge in [0.15, 0.2) is 30.2 Å². The van der Waals surface area contributed by atoms with Crippen LogP contribution in [-0.4, -0.2) is 77.5 Å². The van der Waals surface area contributed by atoms with Gasteiger partial charge in [0, 0.05) is 12.8 Å². The van der Waals surface area contributed by atoms with Crippen LogP contribution in [0, 0.1) is 0 Å². The Bertz CT molecular complexity index is 1080. The third-order valence-corrected chi connectivity index (χ3v) is 9.74. The molecule has 16 heteroatoms. The monoisotopic (exact) mass is 509 g/mol. The average molecular weight is 509 g/mol. The number of hydrogen-bond acceptors (Lipinski definition) is 9. The fraction of sp³-hybridized carbons (Fsp3) is 0.706. The summed E-state index contributed by atoms with van der Waals surface area (Å²) in [5, 5.41) is 0. The zero-order valence-electron chi connectivity index (χ0n) is 17.5. The highest BCUT2D eigenvalue weighted by molar-refractivity contribution is 7.72. The van der Waals surface area contributed by atoms with Crippen LogP contribution < -0.4 is 5.73 Å². The molecule has 2 fully saturated rings. The minimum atomic E-state index is -4.71. The Kier molecular flexibility index (Phi) is 7.18. The lowest BCUT2D eigenvalue weighted by atomic mass is 10.1. The second-order valence-electron chi connectivity index (χ2n) is 8.15. The predicted molar refractivity (Wildman–Crippen MR) is 113 cm³/mol. The molecule has 0 aliphatic carbocycles. The summed E-state index contributed by atoms with van der Waals surface area (Å²) in [7, 11) is -8.90. The van der Waals surface area contributed by atoms with E-state index in [1.807, 2.05) is 0 Å². The van der Waals surface area contributed by atoms with Crippen LogP contribution in [-0.2, 0) is 23.3 Å². The van der Waals surface area contributed by atoms with Crippen molar-refractivity contribution in [2.45, 2.75) is 56.6 Å². The number of nitrogens with zero attached hydrogens (tertiary/aromatic N) is 4. The third kappa shape index (κ3) is 5.77. The van der Waals surface area contributed by atoms with Crippen LogP contribution in [0.25, 0.3) is 11.2 Å². The van der Waals surface area contributed by atoms with E-state index in [1.165, 1.54) is 17.2 Å². The fourth-order valence-electron chi connectivity index (χ4n) is 4.05. The van der Waals surface area contributed by atoms with E-state index >= 15 is 4.39 Å². The molecule has 0 radical (unpaired) electrons. The van der Waals surface area contributed by atoms with Crippen molar-refractivity contribution in [1.29, 1.82) is 0 Å². The molecular formula is C17H26FN5O8P2. The normalized spacial score (nSPS) is 30.5. The first-order valence-electron chi connectivity index (χ1n) is 10.4. The zero-order valence-corrected chi connectivity index (χ0v) is 19.3. The van der Waals surface area contributed by atoms with Crippen molar-refractivity contribution < 1.29 is 42.4 Å². The summed E-state index contributed by atoms with van der Waals surface area (Å²) in [6.07, 6.45) is -1.55. The largest absolute Gasteiger partial charge is 0.382 e. The smallest absolute Gasteiger partial charge is 0.335 e. The van der Waals surface area contributed by atoms with E-state index < -0.39 is 57.9 Å². The highest BCUT2D eigenvalue weighted by Crippen LogP contribution is 2.55. The van der Waals surface area contributed by atoms with Crippen LogP contribution in [0.3, 0.4) is 0 Å². The van der Waals surface area contributed by atoms with Crippen LogP contribution in [0.5, 0.6) is 0 Å². The number of fused-ring (bicyclic) bond motifs is 1.